The van der Waals surface area contributed by atoms with Crippen molar-refractivity contribution in [3.8, 4) is 0 Å². The van der Waals surface area contributed by atoms with E-state index in [0.717, 1.165) is 38.2 Å². The average Bonchev–Trinajstić information content (AvgIpc) is 2.45. The molecule has 1 heterocycles. The highest BCUT2D eigenvalue weighted by atomic mass is 19.1. The van der Waals surface area contributed by atoms with Crippen molar-refractivity contribution in [3.05, 3.63) is 29.8 Å². The highest BCUT2D eigenvalue weighted by Gasteiger charge is 2.30. The molecule has 0 saturated heterocycles. The van der Waals surface area contributed by atoms with Crippen LogP contribution in [0.4, 0.5) is 4.39 Å². The number of hydrogen-bond acceptors (Lipinski definition) is 3. The molecule has 2 rings (SSSR count). The summed E-state index contributed by atoms with van der Waals surface area (Å²) in [7, 11) is 0. The molecule has 1 unspecified atom stereocenters. The number of aromatic nitrogens is 1. The molecule has 5 nitrogen and oxygen atoms in total. The van der Waals surface area contributed by atoms with Gasteiger partial charge in [0.1, 0.15) is 6.04 Å². The van der Waals surface area contributed by atoms with Crippen LogP contribution in [-0.2, 0) is 4.79 Å². The van der Waals surface area contributed by atoms with E-state index in [1.54, 1.807) is 0 Å². The number of carbonyl (C=O) groups is 2. The molecule has 1 aromatic heterocycles. The first kappa shape index (κ1) is 14.4. The minimum atomic E-state index is -1.04. The van der Waals surface area contributed by atoms with Crippen molar-refractivity contribution in [2.75, 3.05) is 0 Å². The predicted octanol–water partition coefficient (Wildman–Crippen LogP) is 1.98. The molecular formula is C14H17FN2O3. The molecule has 0 radical (unpaired) electrons. The Bertz CT molecular complexity index is 501. The first-order chi connectivity index (χ1) is 9.58. The van der Waals surface area contributed by atoms with Gasteiger partial charge in [0.15, 0.2) is 0 Å². The van der Waals surface area contributed by atoms with Crippen LogP contribution in [0, 0.1) is 11.9 Å². The quantitative estimate of drug-likeness (QED) is 0.827. The second kappa shape index (κ2) is 6.45. The van der Waals surface area contributed by atoms with Crippen LogP contribution >= 0.6 is 0 Å². The van der Waals surface area contributed by atoms with E-state index in [-0.39, 0.29) is 11.5 Å². The van der Waals surface area contributed by atoms with Gasteiger partial charge in [0.25, 0.3) is 5.91 Å². The molecule has 108 valence electrons. The van der Waals surface area contributed by atoms with Gasteiger partial charge in [-0.05, 0) is 24.8 Å². The molecule has 0 aliphatic heterocycles. The maximum atomic E-state index is 13.0. The van der Waals surface area contributed by atoms with Gasteiger partial charge in [0.2, 0.25) is 5.95 Å². The molecule has 1 aromatic rings. The maximum absolute atomic E-state index is 13.0. The highest BCUT2D eigenvalue weighted by molar-refractivity contribution is 5.96. The summed E-state index contributed by atoms with van der Waals surface area (Å²) in [5.41, 5.74) is 0.0829. The van der Waals surface area contributed by atoms with Crippen LogP contribution in [0.2, 0.25) is 0 Å². The molecule has 1 aliphatic rings. The summed E-state index contributed by atoms with van der Waals surface area (Å²) in [6.45, 7) is 0. The molecule has 0 spiro atoms. The van der Waals surface area contributed by atoms with E-state index in [1.807, 2.05) is 0 Å². The van der Waals surface area contributed by atoms with Crippen LogP contribution in [0.15, 0.2) is 18.3 Å². The largest absolute Gasteiger partial charge is 0.480 e. The molecule has 1 aliphatic carbocycles. The summed E-state index contributed by atoms with van der Waals surface area (Å²) < 4.78 is 13.0. The van der Waals surface area contributed by atoms with Gasteiger partial charge in [-0.1, -0.05) is 19.3 Å². The normalized spacial score (nSPS) is 17.4. The van der Waals surface area contributed by atoms with E-state index in [9.17, 15) is 19.1 Å². The van der Waals surface area contributed by atoms with Crippen molar-refractivity contribution >= 4 is 11.9 Å². The summed E-state index contributed by atoms with van der Waals surface area (Å²) >= 11 is 0. The van der Waals surface area contributed by atoms with Crippen LogP contribution in [0.3, 0.4) is 0 Å². The van der Waals surface area contributed by atoms with Gasteiger partial charge in [0, 0.05) is 17.8 Å². The first-order valence-electron chi connectivity index (χ1n) is 6.73. The molecule has 0 aromatic carbocycles. The van der Waals surface area contributed by atoms with Crippen molar-refractivity contribution in [2.45, 2.75) is 38.1 Å². The average molecular weight is 280 g/mol. The van der Waals surface area contributed by atoms with Gasteiger partial charge < -0.3 is 10.4 Å². The summed E-state index contributed by atoms with van der Waals surface area (Å²) in [5.74, 6) is -2.44. The molecule has 1 fully saturated rings. The summed E-state index contributed by atoms with van der Waals surface area (Å²) in [6.07, 6.45) is 5.83. The van der Waals surface area contributed by atoms with Gasteiger partial charge in [-0.2, -0.15) is 4.39 Å². The monoisotopic (exact) mass is 280 g/mol. The van der Waals surface area contributed by atoms with E-state index in [1.165, 1.54) is 12.3 Å². The Morgan fingerprint density at radius 1 is 1.35 bits per heavy atom. The number of amides is 1. The lowest BCUT2D eigenvalue weighted by atomic mass is 9.84. The Morgan fingerprint density at radius 2 is 2.05 bits per heavy atom. The second-order valence-electron chi connectivity index (χ2n) is 5.05. The Morgan fingerprint density at radius 3 is 2.65 bits per heavy atom. The fraction of sp³-hybridized carbons (Fsp3) is 0.500. The van der Waals surface area contributed by atoms with Gasteiger partial charge in [-0.15, -0.1) is 0 Å². The molecule has 1 amide bonds. The Hall–Kier alpha value is -1.98. The molecule has 6 heteroatoms. The van der Waals surface area contributed by atoms with Crippen LogP contribution < -0.4 is 5.32 Å². The number of carbonyl (C=O) groups excluding carboxylic acids is 1. The van der Waals surface area contributed by atoms with Crippen molar-refractivity contribution in [1.82, 2.24) is 10.3 Å². The number of nitrogens with one attached hydrogen (secondary N) is 1. The van der Waals surface area contributed by atoms with Gasteiger partial charge in [-0.25, -0.2) is 9.78 Å². The Balaban J connectivity index is 2.07. The topological polar surface area (TPSA) is 79.3 Å². The Labute approximate surface area is 116 Å². The third kappa shape index (κ3) is 3.53. The van der Waals surface area contributed by atoms with Crippen LogP contribution in [0.25, 0.3) is 0 Å². The predicted molar refractivity (Wildman–Crippen MR) is 69.7 cm³/mol. The number of pyridine rings is 1. The number of carboxylic acids is 1. The molecule has 20 heavy (non-hydrogen) atoms. The van der Waals surface area contributed by atoms with E-state index in [0.29, 0.717) is 0 Å². The van der Waals surface area contributed by atoms with Crippen molar-refractivity contribution < 1.29 is 19.1 Å². The zero-order chi connectivity index (χ0) is 14.5. The SMILES string of the molecule is O=C(NC(C(=O)O)C1CCCCC1)c1ccnc(F)c1. The number of hydrogen-bond donors (Lipinski definition) is 2. The van der Waals surface area contributed by atoms with E-state index in [4.69, 9.17) is 0 Å². The van der Waals surface area contributed by atoms with E-state index in [2.05, 4.69) is 10.3 Å². The maximum Gasteiger partial charge on any atom is 0.326 e. The molecule has 2 N–H and O–H groups in total. The number of nitrogens with zero attached hydrogens (tertiary/aromatic N) is 1. The van der Waals surface area contributed by atoms with Crippen molar-refractivity contribution in [1.29, 1.82) is 0 Å². The minimum Gasteiger partial charge on any atom is -0.480 e. The summed E-state index contributed by atoms with van der Waals surface area (Å²) in [5, 5.41) is 11.8. The van der Waals surface area contributed by atoms with Crippen molar-refractivity contribution in [2.24, 2.45) is 5.92 Å². The lowest BCUT2D eigenvalue weighted by molar-refractivity contribution is -0.141. The summed E-state index contributed by atoms with van der Waals surface area (Å²) in [6, 6.07) is 1.44. The van der Waals surface area contributed by atoms with Crippen LogP contribution in [0.5, 0.6) is 0 Å². The first-order valence-corrected chi connectivity index (χ1v) is 6.73. The van der Waals surface area contributed by atoms with Crippen LogP contribution in [0.1, 0.15) is 42.5 Å². The fourth-order valence-corrected chi connectivity index (χ4v) is 2.62. The summed E-state index contributed by atoms with van der Waals surface area (Å²) in [4.78, 5) is 26.7. The fourth-order valence-electron chi connectivity index (χ4n) is 2.62. The third-order valence-electron chi connectivity index (χ3n) is 3.66. The zero-order valence-corrected chi connectivity index (χ0v) is 11.0. The number of rotatable bonds is 4. The highest BCUT2D eigenvalue weighted by Crippen LogP contribution is 2.26. The smallest absolute Gasteiger partial charge is 0.326 e. The molecule has 0 bridgehead atoms. The van der Waals surface area contributed by atoms with E-state index >= 15 is 0 Å². The molecule has 1 saturated carbocycles. The van der Waals surface area contributed by atoms with Gasteiger partial charge in [0.05, 0.1) is 0 Å². The lowest BCUT2D eigenvalue weighted by Crippen LogP contribution is -2.46. The van der Waals surface area contributed by atoms with Gasteiger partial charge >= 0.3 is 5.97 Å². The third-order valence-corrected chi connectivity index (χ3v) is 3.66. The van der Waals surface area contributed by atoms with Crippen molar-refractivity contribution in [3.63, 3.8) is 0 Å². The zero-order valence-electron chi connectivity index (χ0n) is 11.0. The second-order valence-corrected chi connectivity index (χ2v) is 5.05. The Kier molecular flexibility index (Phi) is 4.65. The van der Waals surface area contributed by atoms with E-state index < -0.39 is 23.9 Å². The van der Waals surface area contributed by atoms with Crippen LogP contribution in [-0.4, -0.2) is 28.0 Å². The lowest BCUT2D eigenvalue weighted by Gasteiger charge is -2.28. The minimum absolute atomic E-state index is 0.0584. The van der Waals surface area contributed by atoms with Gasteiger partial charge in [-0.3, -0.25) is 4.79 Å². The number of aliphatic carboxylic acids is 1. The number of halogens is 1. The number of carboxylic acid groups (broad SMARTS) is 1. The molecule has 1 atom stereocenters. The molecular weight excluding hydrogens is 263 g/mol. The standard InChI is InChI=1S/C14H17FN2O3/c15-11-8-10(6-7-16-11)13(18)17-12(14(19)20)9-4-2-1-3-5-9/h6-9,12H,1-5H2,(H,17,18)(H,19,20).